The average Bonchev–Trinajstić information content (AvgIpc) is 2.74. The van der Waals surface area contributed by atoms with Gasteiger partial charge in [-0.1, -0.05) is 29.8 Å². The highest BCUT2D eigenvalue weighted by Gasteiger charge is 2.30. The van der Waals surface area contributed by atoms with Gasteiger partial charge in [0.2, 0.25) is 15.9 Å². The van der Waals surface area contributed by atoms with Crippen LogP contribution in [0.1, 0.15) is 18.1 Å². The number of hydrogen-bond donors (Lipinski definition) is 1. The van der Waals surface area contributed by atoms with E-state index in [0.717, 1.165) is 48.1 Å². The van der Waals surface area contributed by atoms with Crippen LogP contribution in [0.3, 0.4) is 0 Å². The van der Waals surface area contributed by atoms with Crippen molar-refractivity contribution in [1.29, 1.82) is 0 Å². The zero-order chi connectivity index (χ0) is 22.6. The standard InChI is InChI=1S/C22H28ClN3O4S/c1-16-4-7-19(23)14-21(16)26(31(3,28)29)17(2)22(27)24-15-18-5-8-20(9-6-18)25-10-12-30-13-11-25/h4-9,14,17H,10-13,15H2,1-3H3,(H,24,27)/t17-/m0/s1. The summed E-state index contributed by atoms with van der Waals surface area (Å²) in [4.78, 5) is 15.1. The fourth-order valence-electron chi connectivity index (χ4n) is 3.58. The van der Waals surface area contributed by atoms with E-state index < -0.39 is 16.1 Å². The van der Waals surface area contributed by atoms with Crippen molar-refractivity contribution in [3.8, 4) is 0 Å². The van der Waals surface area contributed by atoms with Gasteiger partial charge in [0, 0.05) is 30.3 Å². The monoisotopic (exact) mass is 465 g/mol. The lowest BCUT2D eigenvalue weighted by Crippen LogP contribution is -2.48. The normalized spacial score (nSPS) is 15.4. The first-order valence-corrected chi connectivity index (χ1v) is 12.3. The summed E-state index contributed by atoms with van der Waals surface area (Å²) in [6.07, 6.45) is 1.08. The summed E-state index contributed by atoms with van der Waals surface area (Å²) < 4.78 is 31.5. The first-order valence-electron chi connectivity index (χ1n) is 10.1. The van der Waals surface area contributed by atoms with Crippen molar-refractivity contribution in [2.24, 2.45) is 0 Å². The molecular formula is C22H28ClN3O4S. The van der Waals surface area contributed by atoms with E-state index in [-0.39, 0.29) is 5.91 Å². The molecule has 168 valence electrons. The summed E-state index contributed by atoms with van der Waals surface area (Å²) in [7, 11) is -3.70. The maximum atomic E-state index is 12.8. The maximum Gasteiger partial charge on any atom is 0.243 e. The van der Waals surface area contributed by atoms with Crippen molar-refractivity contribution in [1.82, 2.24) is 5.32 Å². The van der Waals surface area contributed by atoms with Crippen molar-refractivity contribution in [2.45, 2.75) is 26.4 Å². The van der Waals surface area contributed by atoms with Crippen LogP contribution in [0, 0.1) is 6.92 Å². The molecule has 0 aliphatic carbocycles. The SMILES string of the molecule is Cc1ccc(Cl)cc1N([C@@H](C)C(=O)NCc1ccc(N2CCOCC2)cc1)S(C)(=O)=O. The molecule has 2 aromatic carbocycles. The van der Waals surface area contributed by atoms with Gasteiger partial charge in [0.05, 0.1) is 25.2 Å². The Labute approximate surface area is 189 Å². The summed E-state index contributed by atoms with van der Waals surface area (Å²) in [6, 6.07) is 12.0. The largest absolute Gasteiger partial charge is 0.378 e. The predicted molar refractivity (Wildman–Crippen MR) is 124 cm³/mol. The van der Waals surface area contributed by atoms with Gasteiger partial charge in [-0.3, -0.25) is 9.10 Å². The van der Waals surface area contributed by atoms with Crippen molar-refractivity contribution < 1.29 is 17.9 Å². The van der Waals surface area contributed by atoms with Crippen molar-refractivity contribution in [3.63, 3.8) is 0 Å². The van der Waals surface area contributed by atoms with Gasteiger partial charge in [0.1, 0.15) is 6.04 Å². The van der Waals surface area contributed by atoms with Gasteiger partial charge < -0.3 is 15.0 Å². The molecule has 3 rings (SSSR count). The van der Waals surface area contributed by atoms with Crippen LogP contribution in [0.15, 0.2) is 42.5 Å². The molecule has 1 N–H and O–H groups in total. The first-order chi connectivity index (χ1) is 14.7. The number of carbonyl (C=O) groups excluding carboxylic acids is 1. The molecule has 0 spiro atoms. The highest BCUT2D eigenvalue weighted by atomic mass is 35.5. The van der Waals surface area contributed by atoms with Gasteiger partial charge in [0.15, 0.2) is 0 Å². The zero-order valence-corrected chi connectivity index (χ0v) is 19.5. The lowest BCUT2D eigenvalue weighted by atomic mass is 10.1. The number of nitrogens with one attached hydrogen (secondary N) is 1. The van der Waals surface area contributed by atoms with E-state index in [1.165, 1.54) is 0 Å². The summed E-state index contributed by atoms with van der Waals surface area (Å²) in [5.41, 5.74) is 3.16. The Morgan fingerprint density at radius 2 is 1.84 bits per heavy atom. The number of halogens is 1. The molecule has 1 amide bonds. The molecule has 0 radical (unpaired) electrons. The molecule has 0 aromatic heterocycles. The molecule has 7 nitrogen and oxygen atoms in total. The van der Waals surface area contributed by atoms with Gasteiger partial charge in [-0.15, -0.1) is 0 Å². The molecule has 2 aromatic rings. The second-order valence-electron chi connectivity index (χ2n) is 7.65. The molecule has 1 aliphatic heterocycles. The lowest BCUT2D eigenvalue weighted by molar-refractivity contribution is -0.122. The summed E-state index contributed by atoms with van der Waals surface area (Å²) in [5.74, 6) is -0.387. The number of ether oxygens (including phenoxy) is 1. The minimum absolute atomic E-state index is 0.304. The van der Waals surface area contributed by atoms with E-state index in [0.29, 0.717) is 22.8 Å². The Morgan fingerprint density at radius 3 is 2.45 bits per heavy atom. The van der Waals surface area contributed by atoms with E-state index in [1.54, 1.807) is 32.0 Å². The number of hydrogen-bond acceptors (Lipinski definition) is 5. The molecule has 1 heterocycles. The predicted octanol–water partition coefficient (Wildman–Crippen LogP) is 2.96. The molecular weight excluding hydrogens is 438 g/mol. The molecule has 1 aliphatic rings. The van der Waals surface area contributed by atoms with Crippen LogP contribution in [0.2, 0.25) is 5.02 Å². The zero-order valence-electron chi connectivity index (χ0n) is 18.0. The van der Waals surface area contributed by atoms with Gasteiger partial charge in [0.25, 0.3) is 0 Å². The van der Waals surface area contributed by atoms with Crippen LogP contribution in [0.25, 0.3) is 0 Å². The van der Waals surface area contributed by atoms with Crippen molar-refractivity contribution in [3.05, 3.63) is 58.6 Å². The number of carbonyl (C=O) groups is 1. The van der Waals surface area contributed by atoms with E-state index in [1.807, 2.05) is 24.3 Å². The number of morpholine rings is 1. The summed E-state index contributed by atoms with van der Waals surface area (Å²) >= 11 is 6.07. The summed E-state index contributed by atoms with van der Waals surface area (Å²) in [5, 5.41) is 3.25. The molecule has 9 heteroatoms. The van der Waals surface area contributed by atoms with Crippen LogP contribution in [0.5, 0.6) is 0 Å². The number of benzene rings is 2. The van der Waals surface area contributed by atoms with Crippen LogP contribution >= 0.6 is 11.6 Å². The smallest absolute Gasteiger partial charge is 0.243 e. The van der Waals surface area contributed by atoms with E-state index in [2.05, 4.69) is 10.2 Å². The molecule has 0 unspecified atom stereocenters. The molecule has 1 saturated heterocycles. The number of aryl methyl sites for hydroxylation is 1. The van der Waals surface area contributed by atoms with Crippen LogP contribution in [-0.2, 0) is 26.1 Å². The Bertz CT molecular complexity index is 1020. The number of rotatable bonds is 7. The number of sulfonamides is 1. The molecule has 0 saturated carbocycles. The molecule has 1 fully saturated rings. The summed E-state index contributed by atoms with van der Waals surface area (Å²) in [6.45, 7) is 6.81. The Kier molecular flexibility index (Phi) is 7.46. The van der Waals surface area contributed by atoms with Gasteiger partial charge in [-0.2, -0.15) is 0 Å². The fraction of sp³-hybridized carbons (Fsp3) is 0.409. The molecule has 0 bridgehead atoms. The fourth-order valence-corrected chi connectivity index (χ4v) is 4.97. The average molecular weight is 466 g/mol. The second-order valence-corrected chi connectivity index (χ2v) is 9.95. The third-order valence-corrected chi connectivity index (χ3v) is 6.74. The highest BCUT2D eigenvalue weighted by Crippen LogP contribution is 2.28. The first kappa shape index (κ1) is 23.4. The van der Waals surface area contributed by atoms with E-state index in [4.69, 9.17) is 16.3 Å². The van der Waals surface area contributed by atoms with Gasteiger partial charge >= 0.3 is 0 Å². The molecule has 31 heavy (non-hydrogen) atoms. The minimum Gasteiger partial charge on any atom is -0.378 e. The van der Waals surface area contributed by atoms with Gasteiger partial charge in [-0.25, -0.2) is 8.42 Å². The Balaban J connectivity index is 1.69. The Morgan fingerprint density at radius 1 is 1.19 bits per heavy atom. The number of anilines is 2. The lowest BCUT2D eigenvalue weighted by Gasteiger charge is -2.30. The van der Waals surface area contributed by atoms with E-state index >= 15 is 0 Å². The number of amides is 1. The Hall–Kier alpha value is -2.29. The maximum absolute atomic E-state index is 12.8. The quantitative estimate of drug-likeness (QED) is 0.680. The van der Waals surface area contributed by atoms with Crippen molar-refractivity contribution in [2.75, 3.05) is 41.8 Å². The van der Waals surface area contributed by atoms with Gasteiger partial charge in [-0.05, 0) is 49.2 Å². The minimum atomic E-state index is -3.70. The third-order valence-electron chi connectivity index (χ3n) is 5.28. The number of nitrogens with zero attached hydrogens (tertiary/aromatic N) is 2. The topological polar surface area (TPSA) is 79.0 Å². The van der Waals surface area contributed by atoms with Crippen LogP contribution < -0.4 is 14.5 Å². The molecule has 1 atom stereocenters. The second kappa shape index (κ2) is 9.89. The highest BCUT2D eigenvalue weighted by molar-refractivity contribution is 7.92. The van der Waals surface area contributed by atoms with Crippen LogP contribution in [-0.4, -0.2) is 52.9 Å². The van der Waals surface area contributed by atoms with E-state index in [9.17, 15) is 13.2 Å². The van der Waals surface area contributed by atoms with Crippen LogP contribution in [0.4, 0.5) is 11.4 Å². The van der Waals surface area contributed by atoms with Crippen molar-refractivity contribution >= 4 is 38.9 Å². The third kappa shape index (κ3) is 5.90.